The van der Waals surface area contributed by atoms with Crippen LogP contribution in [-0.4, -0.2) is 22.1 Å². The molecule has 4 aromatic rings. The van der Waals surface area contributed by atoms with Gasteiger partial charge < -0.3 is 14.6 Å². The molecule has 0 saturated carbocycles. The molecule has 0 fully saturated rings. The van der Waals surface area contributed by atoms with Crippen molar-refractivity contribution in [3.05, 3.63) is 80.8 Å². The van der Waals surface area contributed by atoms with Crippen molar-refractivity contribution in [1.29, 1.82) is 0 Å². The number of benzene rings is 2. The van der Waals surface area contributed by atoms with E-state index in [2.05, 4.69) is 16.0 Å². The number of fused-ring (bicyclic) bond motifs is 1. The molecule has 0 aliphatic carbocycles. The number of thiophene rings is 1. The van der Waals surface area contributed by atoms with Gasteiger partial charge in [0.15, 0.2) is 0 Å². The van der Waals surface area contributed by atoms with E-state index in [-0.39, 0.29) is 5.91 Å². The van der Waals surface area contributed by atoms with Crippen molar-refractivity contribution in [2.45, 2.75) is 33.4 Å². The SMILES string of the molecule is Cc1cc(OCCCn2c(CNC(=O)c3cccs3)nc3ccccc32)cc(C)c1Cl. The molecule has 0 unspecified atom stereocenters. The van der Waals surface area contributed by atoms with Gasteiger partial charge >= 0.3 is 0 Å². The topological polar surface area (TPSA) is 56.1 Å². The summed E-state index contributed by atoms with van der Waals surface area (Å²) in [5, 5.41) is 5.66. The van der Waals surface area contributed by atoms with Crippen LogP contribution >= 0.6 is 22.9 Å². The molecule has 5 nitrogen and oxygen atoms in total. The van der Waals surface area contributed by atoms with Crippen LogP contribution in [0.4, 0.5) is 0 Å². The van der Waals surface area contributed by atoms with Crippen LogP contribution in [0.3, 0.4) is 0 Å². The first-order valence-corrected chi connectivity index (χ1v) is 11.4. The van der Waals surface area contributed by atoms with Gasteiger partial charge in [-0.25, -0.2) is 4.98 Å². The molecule has 0 aliphatic rings. The fourth-order valence-corrected chi connectivity index (χ4v) is 4.32. The Hall–Kier alpha value is -2.83. The van der Waals surface area contributed by atoms with Crippen LogP contribution in [0.25, 0.3) is 11.0 Å². The summed E-state index contributed by atoms with van der Waals surface area (Å²) in [6.45, 7) is 5.67. The molecule has 0 saturated heterocycles. The Kier molecular flexibility index (Phi) is 6.59. The van der Waals surface area contributed by atoms with Crippen LogP contribution < -0.4 is 10.1 Å². The van der Waals surface area contributed by atoms with E-state index in [0.29, 0.717) is 18.0 Å². The monoisotopic (exact) mass is 453 g/mol. The van der Waals surface area contributed by atoms with E-state index in [1.165, 1.54) is 11.3 Å². The number of halogens is 1. The minimum Gasteiger partial charge on any atom is -0.494 e. The standard InChI is InChI=1S/C24H24ClN3O2S/c1-16-13-18(14-17(2)23(16)25)30-11-6-10-28-20-8-4-3-7-19(20)27-22(28)15-26-24(29)21-9-5-12-31-21/h3-5,7-9,12-14H,6,10-11,15H2,1-2H3,(H,26,29). The molecule has 0 spiro atoms. The second-order valence-electron chi connectivity index (χ2n) is 7.40. The van der Waals surface area contributed by atoms with Crippen molar-refractivity contribution in [1.82, 2.24) is 14.9 Å². The first kappa shape index (κ1) is 21.4. The predicted molar refractivity (Wildman–Crippen MR) is 126 cm³/mol. The van der Waals surface area contributed by atoms with Gasteiger partial charge in [0.2, 0.25) is 0 Å². The van der Waals surface area contributed by atoms with Crippen LogP contribution in [-0.2, 0) is 13.1 Å². The number of hydrogen-bond acceptors (Lipinski definition) is 4. The summed E-state index contributed by atoms with van der Waals surface area (Å²) < 4.78 is 8.12. The van der Waals surface area contributed by atoms with Crippen LogP contribution in [0, 0.1) is 13.8 Å². The molecule has 1 N–H and O–H groups in total. The Balaban J connectivity index is 1.42. The summed E-state index contributed by atoms with van der Waals surface area (Å²) in [6.07, 6.45) is 0.812. The van der Waals surface area contributed by atoms with Gasteiger partial charge in [0.05, 0.1) is 29.1 Å². The van der Waals surface area contributed by atoms with Crippen LogP contribution in [0.5, 0.6) is 5.75 Å². The van der Waals surface area contributed by atoms with Gasteiger partial charge in [-0.05, 0) is 67.1 Å². The maximum Gasteiger partial charge on any atom is 0.261 e. The van der Waals surface area contributed by atoms with E-state index in [1.807, 2.05) is 61.7 Å². The van der Waals surface area contributed by atoms with E-state index in [0.717, 1.165) is 51.7 Å². The molecule has 0 bridgehead atoms. The molecular weight excluding hydrogens is 430 g/mol. The Morgan fingerprint density at radius 3 is 2.68 bits per heavy atom. The molecule has 2 aromatic heterocycles. The highest BCUT2D eigenvalue weighted by Crippen LogP contribution is 2.26. The van der Waals surface area contributed by atoms with Gasteiger partial charge in [-0.3, -0.25) is 4.79 Å². The minimum atomic E-state index is -0.0783. The Morgan fingerprint density at radius 2 is 1.94 bits per heavy atom. The number of amides is 1. The molecular formula is C24H24ClN3O2S. The van der Waals surface area contributed by atoms with Gasteiger partial charge in [0, 0.05) is 11.6 Å². The largest absolute Gasteiger partial charge is 0.494 e. The summed E-state index contributed by atoms with van der Waals surface area (Å²) >= 11 is 7.67. The third-order valence-electron chi connectivity index (χ3n) is 5.09. The van der Waals surface area contributed by atoms with E-state index >= 15 is 0 Å². The van der Waals surface area contributed by atoms with Gasteiger partial charge in [0.25, 0.3) is 5.91 Å². The maximum absolute atomic E-state index is 12.3. The molecule has 2 aromatic carbocycles. The molecule has 0 atom stereocenters. The second kappa shape index (κ2) is 9.54. The molecule has 31 heavy (non-hydrogen) atoms. The molecule has 160 valence electrons. The van der Waals surface area contributed by atoms with Crippen molar-refractivity contribution in [3.8, 4) is 5.75 Å². The van der Waals surface area contributed by atoms with Crippen LogP contribution in [0.1, 0.15) is 33.0 Å². The summed E-state index contributed by atoms with van der Waals surface area (Å²) in [5.74, 6) is 1.59. The maximum atomic E-state index is 12.3. The number of ether oxygens (including phenoxy) is 1. The Labute approximate surface area is 190 Å². The summed E-state index contributed by atoms with van der Waals surface area (Å²) in [4.78, 5) is 17.8. The first-order valence-electron chi connectivity index (χ1n) is 10.2. The summed E-state index contributed by atoms with van der Waals surface area (Å²) in [5.41, 5.74) is 4.01. The van der Waals surface area contributed by atoms with Crippen LogP contribution in [0.15, 0.2) is 53.9 Å². The van der Waals surface area contributed by atoms with Gasteiger partial charge in [-0.1, -0.05) is 29.8 Å². The number of nitrogens with zero attached hydrogens (tertiary/aromatic N) is 2. The average Bonchev–Trinajstić information content (AvgIpc) is 3.41. The van der Waals surface area contributed by atoms with Crippen LogP contribution in [0.2, 0.25) is 5.02 Å². The molecule has 4 rings (SSSR count). The van der Waals surface area contributed by atoms with Crippen molar-refractivity contribution in [2.75, 3.05) is 6.61 Å². The van der Waals surface area contributed by atoms with E-state index in [9.17, 15) is 4.79 Å². The fourth-order valence-electron chi connectivity index (χ4n) is 3.57. The number of aromatic nitrogens is 2. The van der Waals surface area contributed by atoms with E-state index in [4.69, 9.17) is 21.3 Å². The number of carbonyl (C=O) groups excluding carboxylic acids is 1. The normalized spacial score (nSPS) is 11.1. The molecule has 0 aliphatic heterocycles. The highest BCUT2D eigenvalue weighted by atomic mass is 35.5. The average molecular weight is 454 g/mol. The highest BCUT2D eigenvalue weighted by molar-refractivity contribution is 7.12. The van der Waals surface area contributed by atoms with Gasteiger partial charge in [-0.15, -0.1) is 11.3 Å². The number of aryl methyl sites for hydroxylation is 3. The Bertz CT molecular complexity index is 1180. The molecule has 2 heterocycles. The number of rotatable bonds is 8. The smallest absolute Gasteiger partial charge is 0.261 e. The lowest BCUT2D eigenvalue weighted by Gasteiger charge is -2.12. The third kappa shape index (κ3) is 4.92. The lowest BCUT2D eigenvalue weighted by atomic mass is 10.1. The van der Waals surface area contributed by atoms with Crippen molar-refractivity contribution < 1.29 is 9.53 Å². The number of nitrogens with one attached hydrogen (secondary N) is 1. The Morgan fingerprint density at radius 1 is 1.16 bits per heavy atom. The number of hydrogen-bond donors (Lipinski definition) is 1. The van der Waals surface area contributed by atoms with E-state index < -0.39 is 0 Å². The lowest BCUT2D eigenvalue weighted by molar-refractivity contribution is 0.0953. The zero-order valence-corrected chi connectivity index (χ0v) is 19.1. The highest BCUT2D eigenvalue weighted by Gasteiger charge is 2.13. The lowest BCUT2D eigenvalue weighted by Crippen LogP contribution is -2.24. The zero-order chi connectivity index (χ0) is 21.8. The number of imidazole rings is 1. The van der Waals surface area contributed by atoms with Crippen molar-refractivity contribution in [2.24, 2.45) is 0 Å². The van der Waals surface area contributed by atoms with Gasteiger partial charge in [0.1, 0.15) is 11.6 Å². The van der Waals surface area contributed by atoms with E-state index in [1.54, 1.807) is 0 Å². The van der Waals surface area contributed by atoms with Crippen molar-refractivity contribution >= 4 is 39.9 Å². The predicted octanol–water partition coefficient (Wildman–Crippen LogP) is 5.77. The fraction of sp³-hybridized carbons (Fsp3) is 0.250. The quantitative estimate of drug-likeness (QED) is 0.345. The molecule has 7 heteroatoms. The summed E-state index contributed by atoms with van der Waals surface area (Å²) in [7, 11) is 0. The number of para-hydroxylation sites is 2. The zero-order valence-electron chi connectivity index (χ0n) is 17.5. The first-order chi connectivity index (χ1) is 15.0. The number of carbonyl (C=O) groups is 1. The van der Waals surface area contributed by atoms with Crippen molar-refractivity contribution in [3.63, 3.8) is 0 Å². The molecule has 1 amide bonds. The molecule has 0 radical (unpaired) electrons. The van der Waals surface area contributed by atoms with Gasteiger partial charge in [-0.2, -0.15) is 0 Å². The minimum absolute atomic E-state index is 0.0783. The second-order valence-corrected chi connectivity index (χ2v) is 8.73. The summed E-state index contributed by atoms with van der Waals surface area (Å²) in [6, 6.07) is 15.7. The third-order valence-corrected chi connectivity index (χ3v) is 6.56.